The summed E-state index contributed by atoms with van der Waals surface area (Å²) in [5, 5.41) is 3.07. The van der Waals surface area contributed by atoms with E-state index in [2.05, 4.69) is 0 Å². The normalized spacial score (nSPS) is 16.1. The van der Waals surface area contributed by atoms with Gasteiger partial charge in [-0.2, -0.15) is 0 Å². The summed E-state index contributed by atoms with van der Waals surface area (Å²) in [7, 11) is 0. The third kappa shape index (κ3) is 3.75. The molecule has 4 rings (SSSR count). The monoisotopic (exact) mass is 379 g/mol. The fourth-order valence-electron chi connectivity index (χ4n) is 4.00. The standard InChI is InChI=1S/C23H25NO4/c1-16(23(26)24-12-6-2-3-7-13-24)28-21(25)14-18-15-27-20-11-10-17-8-4-5-9-19(17)22(18)20/h4-5,8-11,15-16H,2-3,6-7,12-14H2,1H3/t16-/m0/s1. The van der Waals surface area contributed by atoms with Crippen LogP contribution in [0, 0.1) is 0 Å². The van der Waals surface area contributed by atoms with Crippen molar-refractivity contribution in [2.24, 2.45) is 0 Å². The summed E-state index contributed by atoms with van der Waals surface area (Å²) in [6.45, 7) is 3.16. The van der Waals surface area contributed by atoms with Crippen molar-refractivity contribution in [2.45, 2.75) is 45.1 Å². The summed E-state index contributed by atoms with van der Waals surface area (Å²) in [4.78, 5) is 27.0. The van der Waals surface area contributed by atoms with Gasteiger partial charge in [0.1, 0.15) is 5.58 Å². The predicted octanol–water partition coefficient (Wildman–Crippen LogP) is 4.46. The van der Waals surface area contributed by atoms with E-state index >= 15 is 0 Å². The molecule has 0 saturated carbocycles. The number of amides is 1. The Morgan fingerprint density at radius 2 is 1.82 bits per heavy atom. The van der Waals surface area contributed by atoms with Crippen molar-refractivity contribution in [2.75, 3.05) is 13.1 Å². The second-order valence-electron chi connectivity index (χ2n) is 7.47. The topological polar surface area (TPSA) is 59.8 Å². The molecule has 5 nitrogen and oxygen atoms in total. The molecule has 1 saturated heterocycles. The van der Waals surface area contributed by atoms with Gasteiger partial charge >= 0.3 is 5.97 Å². The van der Waals surface area contributed by atoms with E-state index in [4.69, 9.17) is 9.15 Å². The minimum absolute atomic E-state index is 0.0820. The molecule has 0 bridgehead atoms. The third-order valence-electron chi connectivity index (χ3n) is 5.45. The van der Waals surface area contributed by atoms with E-state index < -0.39 is 12.1 Å². The quantitative estimate of drug-likeness (QED) is 0.628. The number of ether oxygens (including phenoxy) is 1. The van der Waals surface area contributed by atoms with Crippen molar-refractivity contribution in [3.05, 3.63) is 48.2 Å². The van der Waals surface area contributed by atoms with Crippen LogP contribution in [0.4, 0.5) is 0 Å². The van der Waals surface area contributed by atoms with E-state index in [1.807, 2.05) is 41.3 Å². The molecule has 5 heteroatoms. The van der Waals surface area contributed by atoms with Crippen LogP contribution < -0.4 is 0 Å². The first-order valence-electron chi connectivity index (χ1n) is 9.99. The van der Waals surface area contributed by atoms with Gasteiger partial charge < -0.3 is 14.1 Å². The number of hydrogen-bond donors (Lipinski definition) is 0. The van der Waals surface area contributed by atoms with Crippen LogP contribution in [-0.4, -0.2) is 36.0 Å². The second kappa shape index (κ2) is 8.05. The average molecular weight is 379 g/mol. The molecule has 1 fully saturated rings. The molecule has 0 unspecified atom stereocenters. The Morgan fingerprint density at radius 1 is 1.07 bits per heavy atom. The zero-order chi connectivity index (χ0) is 19.5. The molecule has 0 radical (unpaired) electrons. The number of nitrogens with zero attached hydrogens (tertiary/aromatic N) is 1. The molecule has 146 valence electrons. The van der Waals surface area contributed by atoms with E-state index in [-0.39, 0.29) is 12.3 Å². The lowest BCUT2D eigenvalue weighted by molar-refractivity contribution is -0.158. The molecule has 1 aliphatic heterocycles. The molecule has 0 aliphatic carbocycles. The summed E-state index contributed by atoms with van der Waals surface area (Å²) in [5.74, 6) is -0.510. The van der Waals surface area contributed by atoms with Gasteiger partial charge in [-0.15, -0.1) is 0 Å². The fourth-order valence-corrected chi connectivity index (χ4v) is 4.00. The number of carbonyl (C=O) groups is 2. The Morgan fingerprint density at radius 3 is 2.61 bits per heavy atom. The lowest BCUT2D eigenvalue weighted by atomic mass is 10.0. The van der Waals surface area contributed by atoms with Crippen LogP contribution >= 0.6 is 0 Å². The first kappa shape index (κ1) is 18.5. The van der Waals surface area contributed by atoms with Crippen LogP contribution in [0.1, 0.15) is 38.2 Å². The van der Waals surface area contributed by atoms with E-state index in [1.54, 1.807) is 13.2 Å². The average Bonchev–Trinajstić information content (AvgIpc) is 2.92. The second-order valence-corrected chi connectivity index (χ2v) is 7.47. The lowest BCUT2D eigenvalue weighted by Gasteiger charge is -2.24. The van der Waals surface area contributed by atoms with Crippen LogP contribution in [-0.2, 0) is 20.7 Å². The predicted molar refractivity (Wildman–Crippen MR) is 108 cm³/mol. The van der Waals surface area contributed by atoms with E-state index in [9.17, 15) is 9.59 Å². The highest BCUT2D eigenvalue weighted by Crippen LogP contribution is 2.30. The van der Waals surface area contributed by atoms with Crippen molar-refractivity contribution in [3.8, 4) is 0 Å². The summed E-state index contributed by atoms with van der Waals surface area (Å²) in [5.41, 5.74) is 1.53. The zero-order valence-electron chi connectivity index (χ0n) is 16.1. The smallest absolute Gasteiger partial charge is 0.311 e. The van der Waals surface area contributed by atoms with Gasteiger partial charge in [0, 0.05) is 24.0 Å². The molecule has 1 amide bonds. The van der Waals surface area contributed by atoms with Gasteiger partial charge in [0.05, 0.1) is 12.7 Å². The van der Waals surface area contributed by atoms with E-state index in [0.29, 0.717) is 0 Å². The first-order chi connectivity index (χ1) is 13.6. The number of esters is 1. The van der Waals surface area contributed by atoms with Crippen LogP contribution in [0.3, 0.4) is 0 Å². The number of rotatable bonds is 4. The molecule has 0 spiro atoms. The van der Waals surface area contributed by atoms with Crippen LogP contribution in [0.2, 0.25) is 0 Å². The van der Waals surface area contributed by atoms with Crippen molar-refractivity contribution in [3.63, 3.8) is 0 Å². The fraction of sp³-hybridized carbons (Fsp3) is 0.391. The highest BCUT2D eigenvalue weighted by atomic mass is 16.5. The molecule has 3 aromatic rings. The number of fused-ring (bicyclic) bond motifs is 3. The summed E-state index contributed by atoms with van der Waals surface area (Å²) >= 11 is 0. The minimum atomic E-state index is -0.763. The highest BCUT2D eigenvalue weighted by Gasteiger charge is 2.25. The maximum Gasteiger partial charge on any atom is 0.311 e. The summed E-state index contributed by atoms with van der Waals surface area (Å²) in [6.07, 6.45) is 5.26. The Balaban J connectivity index is 1.48. The number of carbonyl (C=O) groups excluding carboxylic acids is 2. The maximum absolute atomic E-state index is 12.6. The third-order valence-corrected chi connectivity index (χ3v) is 5.45. The van der Waals surface area contributed by atoms with Crippen LogP contribution in [0.15, 0.2) is 47.1 Å². The minimum Gasteiger partial charge on any atom is -0.464 e. The van der Waals surface area contributed by atoms with Gasteiger partial charge in [-0.1, -0.05) is 43.2 Å². The Bertz CT molecular complexity index is 998. The van der Waals surface area contributed by atoms with Crippen LogP contribution in [0.5, 0.6) is 0 Å². The SMILES string of the molecule is C[C@H](OC(=O)Cc1coc2ccc3ccccc3c12)C(=O)N1CCCCCC1. The van der Waals surface area contributed by atoms with Gasteiger partial charge in [-0.3, -0.25) is 9.59 Å². The Hall–Kier alpha value is -2.82. The van der Waals surface area contributed by atoms with Gasteiger partial charge in [0.15, 0.2) is 6.10 Å². The zero-order valence-corrected chi connectivity index (χ0v) is 16.1. The maximum atomic E-state index is 12.6. The summed E-state index contributed by atoms with van der Waals surface area (Å²) < 4.78 is 11.1. The largest absolute Gasteiger partial charge is 0.464 e. The number of hydrogen-bond acceptors (Lipinski definition) is 4. The molecule has 28 heavy (non-hydrogen) atoms. The van der Waals surface area contributed by atoms with Crippen molar-refractivity contribution >= 4 is 33.6 Å². The molecular weight excluding hydrogens is 354 g/mol. The van der Waals surface area contributed by atoms with Crippen LogP contribution in [0.25, 0.3) is 21.7 Å². The highest BCUT2D eigenvalue weighted by molar-refractivity contribution is 6.08. The van der Waals surface area contributed by atoms with Gasteiger partial charge in [0.25, 0.3) is 5.91 Å². The molecule has 1 aliphatic rings. The van der Waals surface area contributed by atoms with Gasteiger partial charge in [-0.25, -0.2) is 0 Å². The Labute approximate surface area is 164 Å². The molecule has 1 aromatic heterocycles. The number of benzene rings is 2. The van der Waals surface area contributed by atoms with Crippen molar-refractivity contribution in [1.29, 1.82) is 0 Å². The number of likely N-dealkylation sites (tertiary alicyclic amines) is 1. The molecular formula is C23H25NO4. The first-order valence-corrected chi connectivity index (χ1v) is 9.99. The molecule has 2 aromatic carbocycles. The Kier molecular flexibility index (Phi) is 5.33. The molecule has 0 N–H and O–H groups in total. The van der Waals surface area contributed by atoms with E-state index in [1.165, 1.54) is 0 Å². The summed E-state index contributed by atoms with van der Waals surface area (Å²) in [6, 6.07) is 11.9. The molecule has 2 heterocycles. The van der Waals surface area contributed by atoms with E-state index in [0.717, 1.165) is 66.1 Å². The van der Waals surface area contributed by atoms with Gasteiger partial charge in [-0.05, 0) is 36.6 Å². The van der Waals surface area contributed by atoms with Crippen molar-refractivity contribution in [1.82, 2.24) is 4.90 Å². The number of furan rings is 1. The lowest BCUT2D eigenvalue weighted by Crippen LogP contribution is -2.40. The van der Waals surface area contributed by atoms with Crippen molar-refractivity contribution < 1.29 is 18.7 Å². The molecule has 1 atom stereocenters. The van der Waals surface area contributed by atoms with Gasteiger partial charge in [0.2, 0.25) is 0 Å².